The van der Waals surface area contributed by atoms with Crippen LogP contribution < -0.4 is 25.8 Å². The number of amides is 1. The van der Waals surface area contributed by atoms with E-state index in [1.165, 1.54) is 0 Å². The molecule has 4 N–H and O–H groups in total. The van der Waals surface area contributed by atoms with Crippen molar-refractivity contribution in [3.63, 3.8) is 0 Å². The average Bonchev–Trinajstić information content (AvgIpc) is 3.24. The Hall–Kier alpha value is -2.36. The predicted molar refractivity (Wildman–Crippen MR) is 113 cm³/mol. The number of nitrogen functional groups attached to an aromatic ring is 1. The molecule has 1 amide bonds. The van der Waals surface area contributed by atoms with Gasteiger partial charge in [-0.25, -0.2) is 9.97 Å². The van der Waals surface area contributed by atoms with Crippen LogP contribution in [0.4, 0.5) is 5.82 Å². The number of fused-ring (bicyclic) bond motifs is 1. The van der Waals surface area contributed by atoms with Gasteiger partial charge in [0.2, 0.25) is 5.91 Å². The van der Waals surface area contributed by atoms with E-state index in [4.69, 9.17) is 19.9 Å². The molecule has 3 rings (SSSR count). The van der Waals surface area contributed by atoms with Crippen molar-refractivity contribution in [2.75, 3.05) is 39.6 Å². The lowest BCUT2D eigenvalue weighted by atomic mass is 10.2. The van der Waals surface area contributed by atoms with E-state index in [9.17, 15) is 4.79 Å². The van der Waals surface area contributed by atoms with Gasteiger partial charge in [0.05, 0.1) is 26.3 Å². The molecule has 2 heterocycles. The zero-order chi connectivity index (χ0) is 19.9. The molecule has 160 valence electrons. The summed E-state index contributed by atoms with van der Waals surface area (Å²) in [6, 6.07) is 3.56. The van der Waals surface area contributed by atoms with Gasteiger partial charge in [0.15, 0.2) is 11.5 Å². The number of aromatic nitrogens is 2. The van der Waals surface area contributed by atoms with Crippen LogP contribution in [0.2, 0.25) is 0 Å². The first-order valence-electron chi connectivity index (χ1n) is 9.40. The number of benzene rings is 1. The molecule has 1 saturated heterocycles. The van der Waals surface area contributed by atoms with E-state index < -0.39 is 0 Å². The number of nitrogens with zero attached hydrogens (tertiary/aromatic N) is 2. The highest BCUT2D eigenvalue weighted by molar-refractivity contribution is 5.90. The van der Waals surface area contributed by atoms with Crippen molar-refractivity contribution in [1.29, 1.82) is 0 Å². The number of nitrogens with two attached hydrogens (primary N) is 1. The summed E-state index contributed by atoms with van der Waals surface area (Å²) in [5.41, 5.74) is 6.78. The summed E-state index contributed by atoms with van der Waals surface area (Å²) < 4.78 is 16.0. The van der Waals surface area contributed by atoms with Crippen LogP contribution in [0.3, 0.4) is 0 Å². The van der Waals surface area contributed by atoms with Crippen LogP contribution in [-0.4, -0.2) is 55.9 Å². The van der Waals surface area contributed by atoms with Crippen molar-refractivity contribution in [3.05, 3.63) is 18.0 Å². The van der Waals surface area contributed by atoms with Crippen LogP contribution in [0.25, 0.3) is 10.9 Å². The van der Waals surface area contributed by atoms with Crippen molar-refractivity contribution >= 4 is 35.0 Å². The van der Waals surface area contributed by atoms with Gasteiger partial charge in [-0.1, -0.05) is 0 Å². The molecule has 10 heteroatoms. The average molecular weight is 426 g/mol. The van der Waals surface area contributed by atoms with Crippen molar-refractivity contribution < 1.29 is 19.0 Å². The van der Waals surface area contributed by atoms with Crippen LogP contribution in [-0.2, 0) is 16.1 Å². The van der Waals surface area contributed by atoms with Gasteiger partial charge in [-0.3, -0.25) is 4.79 Å². The third-order valence-electron chi connectivity index (χ3n) is 4.61. The molecule has 1 atom stereocenters. The molecule has 1 aromatic heterocycles. The third-order valence-corrected chi connectivity index (χ3v) is 4.61. The Morgan fingerprint density at radius 1 is 1.24 bits per heavy atom. The molecule has 2 aromatic rings. The van der Waals surface area contributed by atoms with E-state index >= 15 is 0 Å². The molecular weight excluding hydrogens is 398 g/mol. The highest BCUT2D eigenvalue weighted by atomic mass is 35.5. The molecule has 1 unspecified atom stereocenters. The number of hydrogen-bond acceptors (Lipinski definition) is 8. The summed E-state index contributed by atoms with van der Waals surface area (Å²) in [5.74, 6) is 2.15. The first-order valence-corrected chi connectivity index (χ1v) is 9.40. The number of carbonyl (C=O) groups is 1. The lowest BCUT2D eigenvalue weighted by Gasteiger charge is -2.12. The number of hydrogen-bond donors (Lipinski definition) is 3. The summed E-state index contributed by atoms with van der Waals surface area (Å²) in [7, 11) is 3.15. The molecular formula is C19H28ClN5O4. The van der Waals surface area contributed by atoms with E-state index in [1.807, 2.05) is 0 Å². The van der Waals surface area contributed by atoms with E-state index in [-0.39, 0.29) is 24.4 Å². The summed E-state index contributed by atoms with van der Waals surface area (Å²) in [4.78, 5) is 20.7. The van der Waals surface area contributed by atoms with Crippen molar-refractivity contribution in [1.82, 2.24) is 20.6 Å². The summed E-state index contributed by atoms with van der Waals surface area (Å²) in [5, 5.41) is 6.89. The van der Waals surface area contributed by atoms with Gasteiger partial charge < -0.3 is 30.6 Å². The summed E-state index contributed by atoms with van der Waals surface area (Å²) in [6.07, 6.45) is 2.28. The Bertz CT molecular complexity index is 830. The molecule has 0 spiro atoms. The highest BCUT2D eigenvalue weighted by Crippen LogP contribution is 2.33. The van der Waals surface area contributed by atoms with Gasteiger partial charge in [-0.15, -0.1) is 12.4 Å². The van der Waals surface area contributed by atoms with Crippen LogP contribution in [0.5, 0.6) is 11.5 Å². The van der Waals surface area contributed by atoms with Crippen LogP contribution in [0.1, 0.15) is 25.1 Å². The normalized spacial score (nSPS) is 15.7. The minimum absolute atomic E-state index is 0. The molecule has 0 radical (unpaired) electrons. The second-order valence-electron chi connectivity index (χ2n) is 6.57. The molecule has 1 aliphatic heterocycles. The maximum atomic E-state index is 11.8. The first-order chi connectivity index (χ1) is 13.6. The summed E-state index contributed by atoms with van der Waals surface area (Å²) >= 11 is 0. The Balaban J connectivity index is 0.00000300. The molecule has 1 fully saturated rings. The van der Waals surface area contributed by atoms with Gasteiger partial charge in [0.25, 0.3) is 0 Å². The monoisotopic (exact) mass is 425 g/mol. The summed E-state index contributed by atoms with van der Waals surface area (Å²) in [6.45, 7) is 2.48. The second kappa shape index (κ2) is 11.0. The van der Waals surface area contributed by atoms with Gasteiger partial charge in [0.1, 0.15) is 17.7 Å². The Morgan fingerprint density at radius 2 is 2.00 bits per heavy atom. The van der Waals surface area contributed by atoms with E-state index in [2.05, 4.69) is 20.6 Å². The van der Waals surface area contributed by atoms with Crippen molar-refractivity contribution in [2.45, 2.75) is 31.9 Å². The number of rotatable bonds is 9. The number of methoxy groups -OCH3 is 2. The van der Waals surface area contributed by atoms with Crippen LogP contribution in [0, 0.1) is 0 Å². The highest BCUT2D eigenvalue weighted by Gasteiger charge is 2.22. The minimum atomic E-state index is -0.280. The topological polar surface area (TPSA) is 121 Å². The minimum Gasteiger partial charge on any atom is -0.493 e. The standard InChI is InChI=1S/C19H27N5O4.ClH/c1-26-15-9-12-13(10-16(15)27-2)23-17(24-18(12)20)11-21-6-4-7-22-19(25)14-5-3-8-28-14;/h9-10,14,21H,3-8,11H2,1-2H3,(H,22,25)(H2,20,23,24);1H. The number of halogens is 1. The molecule has 0 saturated carbocycles. The molecule has 0 aliphatic carbocycles. The lowest BCUT2D eigenvalue weighted by Crippen LogP contribution is -2.35. The Labute approximate surface area is 176 Å². The van der Waals surface area contributed by atoms with Crippen molar-refractivity contribution in [3.8, 4) is 11.5 Å². The molecule has 1 aliphatic rings. The van der Waals surface area contributed by atoms with Crippen LogP contribution in [0.15, 0.2) is 12.1 Å². The predicted octanol–water partition coefficient (Wildman–Crippen LogP) is 1.43. The van der Waals surface area contributed by atoms with Gasteiger partial charge in [-0.2, -0.15) is 0 Å². The number of carbonyl (C=O) groups excluding carboxylic acids is 1. The van der Waals surface area contributed by atoms with Gasteiger partial charge >= 0.3 is 0 Å². The number of ether oxygens (including phenoxy) is 3. The fraction of sp³-hybridized carbons (Fsp3) is 0.526. The van der Waals surface area contributed by atoms with E-state index in [0.29, 0.717) is 48.4 Å². The van der Waals surface area contributed by atoms with Crippen molar-refractivity contribution in [2.24, 2.45) is 0 Å². The second-order valence-corrected chi connectivity index (χ2v) is 6.57. The maximum Gasteiger partial charge on any atom is 0.249 e. The first kappa shape index (κ1) is 22.9. The van der Waals surface area contributed by atoms with Gasteiger partial charge in [-0.05, 0) is 31.9 Å². The van der Waals surface area contributed by atoms with E-state index in [1.54, 1.807) is 26.4 Å². The molecule has 0 bridgehead atoms. The number of anilines is 1. The number of nitrogens with one attached hydrogen (secondary N) is 2. The van der Waals surface area contributed by atoms with Crippen LogP contribution >= 0.6 is 12.4 Å². The molecule has 29 heavy (non-hydrogen) atoms. The smallest absolute Gasteiger partial charge is 0.249 e. The quantitative estimate of drug-likeness (QED) is 0.516. The third kappa shape index (κ3) is 5.81. The molecule has 1 aromatic carbocycles. The SMILES string of the molecule is COc1cc2nc(CNCCCNC(=O)C3CCCO3)nc(N)c2cc1OC.Cl. The largest absolute Gasteiger partial charge is 0.493 e. The fourth-order valence-corrected chi connectivity index (χ4v) is 3.13. The van der Waals surface area contributed by atoms with Gasteiger partial charge in [0, 0.05) is 24.6 Å². The Morgan fingerprint density at radius 3 is 2.69 bits per heavy atom. The lowest BCUT2D eigenvalue weighted by molar-refractivity contribution is -0.130. The molecule has 9 nitrogen and oxygen atoms in total. The zero-order valence-electron chi connectivity index (χ0n) is 16.7. The Kier molecular flexibility index (Phi) is 8.69. The maximum absolute atomic E-state index is 11.8. The zero-order valence-corrected chi connectivity index (χ0v) is 17.5. The fourth-order valence-electron chi connectivity index (χ4n) is 3.13. The van der Waals surface area contributed by atoms with E-state index in [0.717, 1.165) is 31.2 Å².